The smallest absolute Gasteiger partial charge is 0.407 e. The lowest BCUT2D eigenvalue weighted by atomic mass is 10.1. The van der Waals surface area contributed by atoms with E-state index in [0.29, 0.717) is 13.2 Å². The second kappa shape index (κ2) is 8.73. The SMILES string of the molecule is CCOC(=O)N[C@@H]1CCCN(CCN2C(=O)COc3ccc(Br)cc32)C1. The van der Waals surface area contributed by atoms with Gasteiger partial charge in [0, 0.05) is 30.1 Å². The molecule has 0 bridgehead atoms. The number of hydrogen-bond donors (Lipinski definition) is 1. The number of amides is 2. The van der Waals surface area contributed by atoms with Crippen LogP contribution in [0.3, 0.4) is 0 Å². The fraction of sp³-hybridized carbons (Fsp3) is 0.556. The average Bonchev–Trinajstić information content (AvgIpc) is 2.61. The van der Waals surface area contributed by atoms with Crippen molar-refractivity contribution in [3.63, 3.8) is 0 Å². The number of ether oxygens (including phenoxy) is 2. The summed E-state index contributed by atoms with van der Waals surface area (Å²) in [7, 11) is 0. The van der Waals surface area contributed by atoms with Gasteiger partial charge in [0.1, 0.15) is 5.75 Å². The number of hydrogen-bond acceptors (Lipinski definition) is 5. The molecule has 26 heavy (non-hydrogen) atoms. The molecule has 1 N–H and O–H groups in total. The van der Waals surface area contributed by atoms with Crippen molar-refractivity contribution in [1.29, 1.82) is 0 Å². The van der Waals surface area contributed by atoms with Gasteiger partial charge in [0.2, 0.25) is 0 Å². The number of carbonyl (C=O) groups is 2. The molecule has 2 aliphatic rings. The minimum Gasteiger partial charge on any atom is -0.482 e. The van der Waals surface area contributed by atoms with Crippen molar-refractivity contribution in [3.05, 3.63) is 22.7 Å². The molecule has 2 amide bonds. The van der Waals surface area contributed by atoms with Gasteiger partial charge in [0.05, 0.1) is 12.3 Å². The highest BCUT2D eigenvalue weighted by atomic mass is 79.9. The molecule has 2 heterocycles. The third kappa shape index (κ3) is 4.67. The number of nitrogens with zero attached hydrogens (tertiary/aromatic N) is 2. The Bertz CT molecular complexity index is 670. The quantitative estimate of drug-likeness (QED) is 0.783. The van der Waals surface area contributed by atoms with Gasteiger partial charge in [0.25, 0.3) is 5.91 Å². The second-order valence-electron chi connectivity index (χ2n) is 6.45. The minimum absolute atomic E-state index is 0.0335. The van der Waals surface area contributed by atoms with Gasteiger partial charge in [0.15, 0.2) is 6.61 Å². The molecule has 7 nitrogen and oxygen atoms in total. The molecule has 8 heteroatoms. The topological polar surface area (TPSA) is 71.1 Å². The summed E-state index contributed by atoms with van der Waals surface area (Å²) in [6.07, 6.45) is 1.60. The van der Waals surface area contributed by atoms with Crippen molar-refractivity contribution in [2.45, 2.75) is 25.8 Å². The van der Waals surface area contributed by atoms with E-state index in [2.05, 4.69) is 26.1 Å². The third-order valence-electron chi connectivity index (χ3n) is 4.61. The molecule has 1 atom stereocenters. The third-order valence-corrected chi connectivity index (χ3v) is 5.10. The molecule has 1 aromatic carbocycles. The zero-order chi connectivity index (χ0) is 18.5. The number of halogens is 1. The highest BCUT2D eigenvalue weighted by Gasteiger charge is 2.27. The van der Waals surface area contributed by atoms with E-state index >= 15 is 0 Å². The summed E-state index contributed by atoms with van der Waals surface area (Å²) < 4.78 is 11.4. The Kier molecular flexibility index (Phi) is 6.37. The molecule has 2 aliphatic heterocycles. The lowest BCUT2D eigenvalue weighted by Gasteiger charge is -2.35. The van der Waals surface area contributed by atoms with Crippen LogP contribution in [0.5, 0.6) is 5.75 Å². The summed E-state index contributed by atoms with van der Waals surface area (Å²) in [5.41, 5.74) is 0.800. The maximum atomic E-state index is 12.3. The van der Waals surface area contributed by atoms with Crippen molar-refractivity contribution < 1.29 is 19.1 Å². The number of piperidine rings is 1. The first-order chi connectivity index (χ1) is 12.6. The van der Waals surface area contributed by atoms with Gasteiger partial charge in [-0.05, 0) is 44.5 Å². The van der Waals surface area contributed by atoms with E-state index in [1.54, 1.807) is 11.8 Å². The van der Waals surface area contributed by atoms with Gasteiger partial charge in [-0.15, -0.1) is 0 Å². The van der Waals surface area contributed by atoms with Gasteiger partial charge in [-0.1, -0.05) is 15.9 Å². The van der Waals surface area contributed by atoms with Crippen molar-refractivity contribution in [3.8, 4) is 5.75 Å². The Balaban J connectivity index is 1.58. The van der Waals surface area contributed by atoms with Gasteiger partial charge in [-0.25, -0.2) is 4.79 Å². The molecule has 1 fully saturated rings. The predicted molar refractivity (Wildman–Crippen MR) is 102 cm³/mol. The fourth-order valence-electron chi connectivity index (χ4n) is 3.38. The summed E-state index contributed by atoms with van der Waals surface area (Å²) in [6.45, 7) is 5.31. The average molecular weight is 426 g/mol. The van der Waals surface area contributed by atoms with Crippen LogP contribution < -0.4 is 15.0 Å². The van der Waals surface area contributed by atoms with E-state index in [9.17, 15) is 9.59 Å². The number of nitrogens with one attached hydrogen (secondary N) is 1. The van der Waals surface area contributed by atoms with Crippen LogP contribution in [0, 0.1) is 0 Å². The summed E-state index contributed by atoms with van der Waals surface area (Å²) >= 11 is 3.45. The normalized spacial score (nSPS) is 20.3. The first-order valence-electron chi connectivity index (χ1n) is 8.95. The van der Waals surface area contributed by atoms with E-state index in [4.69, 9.17) is 9.47 Å². The van der Waals surface area contributed by atoms with E-state index < -0.39 is 0 Å². The Morgan fingerprint density at radius 3 is 3.08 bits per heavy atom. The summed E-state index contributed by atoms with van der Waals surface area (Å²) in [6, 6.07) is 5.78. The zero-order valence-corrected chi connectivity index (χ0v) is 16.5. The molecule has 1 aromatic rings. The Labute approximate surface area is 161 Å². The van der Waals surface area contributed by atoms with E-state index in [0.717, 1.165) is 48.4 Å². The molecule has 0 radical (unpaired) electrons. The summed E-state index contributed by atoms with van der Waals surface area (Å²) in [5.74, 6) is 0.696. The number of anilines is 1. The Hall–Kier alpha value is -1.80. The van der Waals surface area contributed by atoms with Crippen LogP contribution in [0.15, 0.2) is 22.7 Å². The summed E-state index contributed by atoms with van der Waals surface area (Å²) in [5, 5.41) is 2.91. The number of fused-ring (bicyclic) bond motifs is 1. The van der Waals surface area contributed by atoms with Crippen molar-refractivity contribution in [2.24, 2.45) is 0 Å². The van der Waals surface area contributed by atoms with E-state index in [-0.39, 0.29) is 24.6 Å². The highest BCUT2D eigenvalue weighted by molar-refractivity contribution is 9.10. The first kappa shape index (κ1) is 19.0. The molecule has 3 rings (SSSR count). The Morgan fingerprint density at radius 2 is 2.27 bits per heavy atom. The predicted octanol–water partition coefficient (Wildman–Crippen LogP) is 2.39. The maximum Gasteiger partial charge on any atom is 0.407 e. The minimum atomic E-state index is -0.360. The number of alkyl carbamates (subject to hydrolysis) is 1. The van der Waals surface area contributed by atoms with Crippen LogP contribution in [0.4, 0.5) is 10.5 Å². The van der Waals surface area contributed by atoms with Crippen LogP contribution in [0.2, 0.25) is 0 Å². The standard InChI is InChI=1S/C18H24BrN3O4/c1-2-25-18(24)20-14-4-3-7-21(11-14)8-9-22-15-10-13(19)5-6-16(15)26-12-17(22)23/h5-6,10,14H,2-4,7-9,11-12H2,1H3,(H,20,24)/t14-/m1/s1. The molecule has 1 saturated heterocycles. The lowest BCUT2D eigenvalue weighted by Crippen LogP contribution is -2.50. The molecule has 0 spiro atoms. The number of carbonyl (C=O) groups excluding carboxylic acids is 2. The first-order valence-corrected chi connectivity index (χ1v) is 9.74. The van der Waals surface area contributed by atoms with E-state index in [1.165, 1.54) is 0 Å². The van der Waals surface area contributed by atoms with Gasteiger partial charge in [-0.2, -0.15) is 0 Å². The van der Waals surface area contributed by atoms with Gasteiger partial charge >= 0.3 is 6.09 Å². The fourth-order valence-corrected chi connectivity index (χ4v) is 3.73. The molecule has 0 saturated carbocycles. The zero-order valence-electron chi connectivity index (χ0n) is 14.9. The van der Waals surface area contributed by atoms with Crippen LogP contribution >= 0.6 is 15.9 Å². The maximum absolute atomic E-state index is 12.3. The largest absolute Gasteiger partial charge is 0.482 e. The number of rotatable bonds is 5. The molecular weight excluding hydrogens is 402 g/mol. The lowest BCUT2D eigenvalue weighted by molar-refractivity contribution is -0.121. The van der Waals surface area contributed by atoms with E-state index in [1.807, 2.05) is 18.2 Å². The van der Waals surface area contributed by atoms with Crippen LogP contribution in [-0.2, 0) is 9.53 Å². The van der Waals surface area contributed by atoms with Crippen molar-refractivity contribution in [1.82, 2.24) is 10.2 Å². The molecule has 0 aliphatic carbocycles. The molecular formula is C18H24BrN3O4. The monoisotopic (exact) mass is 425 g/mol. The number of likely N-dealkylation sites (tertiary alicyclic amines) is 1. The number of benzene rings is 1. The van der Waals surface area contributed by atoms with Crippen molar-refractivity contribution in [2.75, 3.05) is 44.3 Å². The van der Waals surface area contributed by atoms with Gasteiger partial charge in [-0.3, -0.25) is 9.69 Å². The van der Waals surface area contributed by atoms with Crippen LogP contribution in [-0.4, -0.2) is 62.3 Å². The van der Waals surface area contributed by atoms with Crippen LogP contribution in [0.1, 0.15) is 19.8 Å². The molecule has 0 unspecified atom stereocenters. The molecule has 0 aromatic heterocycles. The van der Waals surface area contributed by atoms with Crippen LogP contribution in [0.25, 0.3) is 0 Å². The Morgan fingerprint density at radius 1 is 1.42 bits per heavy atom. The summed E-state index contributed by atoms with van der Waals surface area (Å²) in [4.78, 5) is 28.0. The van der Waals surface area contributed by atoms with Gasteiger partial charge < -0.3 is 19.7 Å². The highest BCUT2D eigenvalue weighted by Crippen LogP contribution is 2.34. The molecule has 142 valence electrons. The van der Waals surface area contributed by atoms with Crippen molar-refractivity contribution >= 4 is 33.6 Å². The second-order valence-corrected chi connectivity index (χ2v) is 7.37.